The van der Waals surface area contributed by atoms with Crippen molar-refractivity contribution in [2.24, 2.45) is 10.7 Å². The molecule has 0 aliphatic heterocycles. The lowest BCUT2D eigenvalue weighted by Gasteiger charge is -2.12. The molecule has 0 aliphatic carbocycles. The van der Waals surface area contributed by atoms with Crippen molar-refractivity contribution >= 4 is 17.4 Å². The summed E-state index contributed by atoms with van der Waals surface area (Å²) in [5.74, 6) is -1.21. The number of aliphatic imine (C=N–C) groups is 1. The summed E-state index contributed by atoms with van der Waals surface area (Å²) in [7, 11) is 0. The fourth-order valence-electron chi connectivity index (χ4n) is 2.02. The third kappa shape index (κ3) is 6.68. The second-order valence-electron chi connectivity index (χ2n) is 5.11. The number of anilines is 1. The lowest BCUT2D eigenvalue weighted by atomic mass is 10.1. The van der Waals surface area contributed by atoms with Crippen molar-refractivity contribution in [3.05, 3.63) is 72.4 Å². The fourth-order valence-corrected chi connectivity index (χ4v) is 2.02. The zero-order valence-corrected chi connectivity index (χ0v) is 13.5. The number of rotatable bonds is 6. The molecule has 0 atom stereocenters. The summed E-state index contributed by atoms with van der Waals surface area (Å²) >= 11 is 0. The van der Waals surface area contributed by atoms with Crippen LogP contribution >= 0.6 is 0 Å². The lowest BCUT2D eigenvalue weighted by molar-refractivity contribution is -0.274. The molecule has 8 heteroatoms. The SMILES string of the molecule is NC(/C=C\Nc1ccccc1)=NC(=O)Cc1ccccc1OC(F)(F)F. The van der Waals surface area contributed by atoms with Gasteiger partial charge in [-0.3, -0.25) is 4.79 Å². The minimum atomic E-state index is -4.84. The maximum Gasteiger partial charge on any atom is 0.573 e. The highest BCUT2D eigenvalue weighted by atomic mass is 19.4. The quantitative estimate of drug-likeness (QED) is 0.607. The standard InChI is InChI=1S/C18H16F3N3O2/c19-18(20,21)26-15-9-5-4-6-13(15)12-17(25)24-16(22)10-11-23-14-7-2-1-3-8-14/h1-11,23H,12H2,(H2,22,24,25)/b11-10-. The van der Waals surface area contributed by atoms with E-state index in [1.165, 1.54) is 30.5 Å². The van der Waals surface area contributed by atoms with Crippen molar-refractivity contribution in [1.29, 1.82) is 0 Å². The van der Waals surface area contributed by atoms with Gasteiger partial charge >= 0.3 is 6.36 Å². The third-order valence-corrected chi connectivity index (χ3v) is 3.07. The van der Waals surface area contributed by atoms with Crippen LogP contribution in [0.5, 0.6) is 5.75 Å². The lowest BCUT2D eigenvalue weighted by Crippen LogP contribution is -2.19. The highest BCUT2D eigenvalue weighted by molar-refractivity contribution is 6.00. The van der Waals surface area contributed by atoms with Gasteiger partial charge in [-0.25, -0.2) is 0 Å². The smallest absolute Gasteiger partial charge is 0.405 e. The predicted octanol–water partition coefficient (Wildman–Crippen LogP) is 3.64. The maximum absolute atomic E-state index is 12.4. The first kappa shape index (κ1) is 19.0. The zero-order chi connectivity index (χ0) is 19.0. The first-order valence-corrected chi connectivity index (χ1v) is 7.52. The first-order chi connectivity index (χ1) is 12.3. The third-order valence-electron chi connectivity index (χ3n) is 3.07. The van der Waals surface area contributed by atoms with Gasteiger partial charge in [-0.2, -0.15) is 4.99 Å². The summed E-state index contributed by atoms with van der Waals surface area (Å²) in [5.41, 5.74) is 6.51. The molecule has 0 unspecified atom stereocenters. The number of carbonyl (C=O) groups is 1. The highest BCUT2D eigenvalue weighted by Gasteiger charge is 2.32. The molecule has 0 heterocycles. The van der Waals surface area contributed by atoms with Gasteiger partial charge in [0.2, 0.25) is 0 Å². The molecule has 26 heavy (non-hydrogen) atoms. The Morgan fingerprint density at radius 1 is 1.12 bits per heavy atom. The van der Waals surface area contributed by atoms with Crippen molar-refractivity contribution in [3.8, 4) is 5.75 Å². The molecule has 136 valence electrons. The monoisotopic (exact) mass is 363 g/mol. The van der Waals surface area contributed by atoms with Gasteiger partial charge in [0, 0.05) is 17.5 Å². The van der Waals surface area contributed by atoms with Gasteiger partial charge in [-0.15, -0.1) is 13.2 Å². The Kier molecular flexibility index (Phi) is 6.37. The molecule has 0 spiro atoms. The largest absolute Gasteiger partial charge is 0.573 e. The summed E-state index contributed by atoms with van der Waals surface area (Å²) in [6, 6.07) is 14.6. The molecule has 1 amide bonds. The summed E-state index contributed by atoms with van der Waals surface area (Å²) in [6.45, 7) is 0. The van der Waals surface area contributed by atoms with Gasteiger partial charge in [-0.1, -0.05) is 36.4 Å². The summed E-state index contributed by atoms with van der Waals surface area (Å²) in [5, 5.41) is 2.94. The highest BCUT2D eigenvalue weighted by Crippen LogP contribution is 2.26. The van der Waals surface area contributed by atoms with E-state index >= 15 is 0 Å². The van der Waals surface area contributed by atoms with Crippen LogP contribution in [0.2, 0.25) is 0 Å². The number of hydrogen-bond donors (Lipinski definition) is 2. The number of benzene rings is 2. The van der Waals surface area contributed by atoms with Gasteiger partial charge in [0.1, 0.15) is 11.6 Å². The molecule has 2 aromatic carbocycles. The number of nitrogens with one attached hydrogen (secondary N) is 1. The van der Waals surface area contributed by atoms with Crippen LogP contribution in [0.1, 0.15) is 5.56 Å². The minimum Gasteiger partial charge on any atom is -0.405 e. The number of carbonyl (C=O) groups excluding carboxylic acids is 1. The Bertz CT molecular complexity index is 803. The van der Waals surface area contributed by atoms with Crippen molar-refractivity contribution in [2.75, 3.05) is 5.32 Å². The van der Waals surface area contributed by atoms with Crippen LogP contribution in [0.15, 0.2) is 71.9 Å². The Morgan fingerprint density at radius 3 is 2.46 bits per heavy atom. The predicted molar refractivity (Wildman–Crippen MR) is 92.7 cm³/mol. The zero-order valence-electron chi connectivity index (χ0n) is 13.5. The van der Waals surface area contributed by atoms with E-state index in [1.807, 2.05) is 30.3 Å². The van der Waals surface area contributed by atoms with Crippen LogP contribution in [0, 0.1) is 0 Å². The molecular formula is C18H16F3N3O2. The van der Waals surface area contributed by atoms with Crippen molar-refractivity contribution in [2.45, 2.75) is 12.8 Å². The molecule has 0 bridgehead atoms. The van der Waals surface area contributed by atoms with Gasteiger partial charge in [-0.05, 0) is 24.3 Å². The number of alkyl halides is 3. The molecule has 0 saturated heterocycles. The van der Waals surface area contributed by atoms with E-state index < -0.39 is 18.0 Å². The molecule has 0 aromatic heterocycles. The van der Waals surface area contributed by atoms with Crippen LogP contribution in [-0.4, -0.2) is 18.1 Å². The average Bonchev–Trinajstić information content (AvgIpc) is 2.56. The molecule has 0 saturated carbocycles. The van der Waals surface area contributed by atoms with Crippen LogP contribution in [0.3, 0.4) is 0 Å². The van der Waals surface area contributed by atoms with Gasteiger partial charge in [0.15, 0.2) is 0 Å². The van der Waals surface area contributed by atoms with Gasteiger partial charge in [0.25, 0.3) is 5.91 Å². The molecule has 0 aliphatic rings. The minimum absolute atomic E-state index is 0.0674. The van der Waals surface area contributed by atoms with E-state index in [-0.39, 0.29) is 17.8 Å². The Morgan fingerprint density at radius 2 is 1.77 bits per heavy atom. The topological polar surface area (TPSA) is 76.7 Å². The molecular weight excluding hydrogens is 347 g/mol. The Labute approximate surface area is 148 Å². The van der Waals surface area contributed by atoms with Crippen molar-refractivity contribution < 1.29 is 22.7 Å². The molecule has 2 aromatic rings. The normalized spacial score (nSPS) is 12.2. The van der Waals surface area contributed by atoms with Crippen LogP contribution in [0.25, 0.3) is 0 Å². The summed E-state index contributed by atoms with van der Waals surface area (Å²) in [4.78, 5) is 15.5. The Balaban J connectivity index is 1.98. The second-order valence-corrected chi connectivity index (χ2v) is 5.11. The molecule has 3 N–H and O–H groups in total. The van der Waals surface area contributed by atoms with Crippen LogP contribution in [-0.2, 0) is 11.2 Å². The number of nitrogens with zero attached hydrogens (tertiary/aromatic N) is 1. The molecule has 5 nitrogen and oxygen atoms in total. The molecule has 2 rings (SSSR count). The number of nitrogens with two attached hydrogens (primary N) is 1. The van der Waals surface area contributed by atoms with Gasteiger partial charge < -0.3 is 15.8 Å². The number of amides is 1. The van der Waals surface area contributed by atoms with Crippen molar-refractivity contribution in [1.82, 2.24) is 0 Å². The van der Waals surface area contributed by atoms with E-state index in [1.54, 1.807) is 0 Å². The number of hydrogen-bond acceptors (Lipinski definition) is 3. The summed E-state index contributed by atoms with van der Waals surface area (Å²) in [6.07, 6.45) is -2.33. The van der Waals surface area contributed by atoms with Crippen LogP contribution in [0.4, 0.5) is 18.9 Å². The number of halogens is 3. The van der Waals surface area contributed by atoms with Gasteiger partial charge in [0.05, 0.1) is 6.42 Å². The van der Waals surface area contributed by atoms with E-state index in [4.69, 9.17) is 5.73 Å². The van der Waals surface area contributed by atoms with E-state index in [0.717, 1.165) is 11.8 Å². The summed E-state index contributed by atoms with van der Waals surface area (Å²) < 4.78 is 41.0. The first-order valence-electron chi connectivity index (χ1n) is 7.52. The number of amidine groups is 1. The average molecular weight is 363 g/mol. The maximum atomic E-state index is 12.4. The number of para-hydroxylation sites is 2. The molecule has 0 radical (unpaired) electrons. The Hall–Kier alpha value is -3.29. The van der Waals surface area contributed by atoms with E-state index in [2.05, 4.69) is 15.0 Å². The van der Waals surface area contributed by atoms with E-state index in [9.17, 15) is 18.0 Å². The number of ether oxygens (including phenoxy) is 1. The van der Waals surface area contributed by atoms with E-state index in [0.29, 0.717) is 0 Å². The van der Waals surface area contributed by atoms with Crippen molar-refractivity contribution in [3.63, 3.8) is 0 Å². The van der Waals surface area contributed by atoms with Crippen LogP contribution < -0.4 is 15.8 Å². The fraction of sp³-hybridized carbons (Fsp3) is 0.111. The second kappa shape index (κ2) is 8.70. The molecule has 0 fully saturated rings.